The summed E-state index contributed by atoms with van der Waals surface area (Å²) in [5.41, 5.74) is 3.12. The van der Waals surface area contributed by atoms with Crippen LogP contribution in [0.4, 0.5) is 34.8 Å². The molecule has 8 rings (SSSR count). The lowest BCUT2D eigenvalue weighted by Gasteiger charge is -2.50. The third-order valence-electron chi connectivity index (χ3n) is 13.5. The van der Waals surface area contributed by atoms with Crippen molar-refractivity contribution in [1.29, 1.82) is 0 Å². The van der Waals surface area contributed by atoms with Crippen LogP contribution < -0.4 is 26.2 Å². The second kappa shape index (κ2) is 20.7. The van der Waals surface area contributed by atoms with Crippen LogP contribution in [0.3, 0.4) is 0 Å². The Bertz CT molecular complexity index is 2560. The Morgan fingerprint density at radius 2 is 1.59 bits per heavy atom. The smallest absolute Gasteiger partial charge is 0.374 e. The number of nitrogens with zero attached hydrogens (tertiary/aromatic N) is 6. The van der Waals surface area contributed by atoms with E-state index in [9.17, 15) is 32.3 Å². The zero-order valence-electron chi connectivity index (χ0n) is 38.1. The van der Waals surface area contributed by atoms with Gasteiger partial charge in [0.2, 0.25) is 23.6 Å². The topological polar surface area (TPSA) is 157 Å². The fraction of sp³-hybridized carbons (Fsp3) is 0.400. The number of hydrogen-bond acceptors (Lipinski definition) is 10. The first-order chi connectivity index (χ1) is 32.6. The first-order valence-corrected chi connectivity index (χ1v) is 23.0. The third kappa shape index (κ3) is 11.5. The number of alkyl halides is 3. The quantitative estimate of drug-likeness (QED) is 0.0661. The Labute approximate surface area is 392 Å². The summed E-state index contributed by atoms with van der Waals surface area (Å²) in [7, 11) is 0. The van der Waals surface area contributed by atoms with Gasteiger partial charge in [-0.05, 0) is 99.0 Å². The highest BCUT2D eigenvalue weighted by Gasteiger charge is 2.39. The van der Waals surface area contributed by atoms with Crippen LogP contribution in [-0.2, 0) is 38.3 Å². The molecule has 358 valence electrons. The van der Waals surface area contributed by atoms with Gasteiger partial charge < -0.3 is 25.8 Å². The first-order valence-electron chi connectivity index (χ1n) is 23.0. The highest BCUT2D eigenvalue weighted by Crippen LogP contribution is 2.35. The van der Waals surface area contributed by atoms with E-state index in [-0.39, 0.29) is 42.0 Å². The summed E-state index contributed by atoms with van der Waals surface area (Å²) in [5, 5.41) is 15.9. The zero-order valence-corrected chi connectivity index (χ0v) is 38.1. The summed E-state index contributed by atoms with van der Waals surface area (Å²) in [5.74, 6) is -0.724. The summed E-state index contributed by atoms with van der Waals surface area (Å²) < 4.78 is 56.0. The number of carbonyl (C=O) groups excluding carboxylic acids is 4. The molecule has 18 heteroatoms. The molecule has 0 radical (unpaired) electrons. The van der Waals surface area contributed by atoms with E-state index in [1.54, 1.807) is 41.5 Å². The number of piperazine rings is 1. The molecule has 3 fully saturated rings. The second-order valence-corrected chi connectivity index (χ2v) is 18.2. The number of hydrogen-bond donors (Lipinski definition) is 4. The van der Waals surface area contributed by atoms with Crippen LogP contribution in [-0.4, -0.2) is 106 Å². The van der Waals surface area contributed by atoms with Gasteiger partial charge in [-0.2, -0.15) is 18.3 Å². The number of amides is 4. The van der Waals surface area contributed by atoms with Crippen molar-refractivity contribution in [1.82, 2.24) is 35.2 Å². The number of nitrogens with one attached hydrogen (secondary N) is 4. The predicted octanol–water partition coefficient (Wildman–Crippen LogP) is 6.67. The van der Waals surface area contributed by atoms with Crippen LogP contribution in [0, 0.1) is 11.7 Å². The van der Waals surface area contributed by atoms with E-state index in [2.05, 4.69) is 55.0 Å². The maximum atomic E-state index is 15.4. The van der Waals surface area contributed by atoms with Crippen LogP contribution in [0.25, 0.3) is 11.1 Å². The number of imide groups is 1. The number of halogens is 4. The van der Waals surface area contributed by atoms with Crippen molar-refractivity contribution in [2.75, 3.05) is 61.3 Å². The molecule has 3 saturated heterocycles. The lowest BCUT2D eigenvalue weighted by Crippen LogP contribution is -2.59. The Hall–Kier alpha value is -6.66. The largest absolute Gasteiger partial charge is 0.416 e. The maximum Gasteiger partial charge on any atom is 0.416 e. The van der Waals surface area contributed by atoms with E-state index in [1.165, 1.54) is 18.2 Å². The molecule has 0 aliphatic carbocycles. The van der Waals surface area contributed by atoms with Gasteiger partial charge in [0.25, 0.3) is 0 Å². The van der Waals surface area contributed by atoms with Gasteiger partial charge in [-0.15, -0.1) is 0 Å². The van der Waals surface area contributed by atoms with Gasteiger partial charge in [-0.1, -0.05) is 42.5 Å². The molecule has 2 aromatic heterocycles. The van der Waals surface area contributed by atoms with Crippen LogP contribution in [0.15, 0.2) is 104 Å². The molecule has 4 amide bonds. The van der Waals surface area contributed by atoms with E-state index in [4.69, 9.17) is 0 Å². The Morgan fingerprint density at radius 3 is 2.25 bits per heavy atom. The van der Waals surface area contributed by atoms with E-state index < -0.39 is 29.7 Å². The van der Waals surface area contributed by atoms with Crippen LogP contribution in [0.2, 0.25) is 0 Å². The van der Waals surface area contributed by atoms with Gasteiger partial charge in [-0.3, -0.25) is 34.1 Å². The Kier molecular flexibility index (Phi) is 14.5. The summed E-state index contributed by atoms with van der Waals surface area (Å²) in [6.07, 6.45) is 3.43. The number of aromatic nitrogens is 3. The van der Waals surface area contributed by atoms with Crippen molar-refractivity contribution in [2.24, 2.45) is 5.92 Å². The molecule has 3 aromatic carbocycles. The minimum atomic E-state index is -4.41. The average molecular weight is 937 g/mol. The molecular weight excluding hydrogens is 881 g/mol. The van der Waals surface area contributed by atoms with Crippen molar-refractivity contribution in [3.05, 3.63) is 126 Å². The van der Waals surface area contributed by atoms with Gasteiger partial charge in [0.05, 0.1) is 17.4 Å². The minimum absolute atomic E-state index is 0.0120. The summed E-state index contributed by atoms with van der Waals surface area (Å²) in [6, 6.07) is 21.2. The molecule has 0 spiro atoms. The predicted molar refractivity (Wildman–Crippen MR) is 250 cm³/mol. The lowest BCUT2D eigenvalue weighted by atomic mass is 9.78. The number of likely N-dealkylation sites (tertiary alicyclic amines) is 1. The molecule has 2 atom stereocenters. The molecule has 0 saturated carbocycles. The molecule has 14 nitrogen and oxygen atoms in total. The van der Waals surface area contributed by atoms with Crippen molar-refractivity contribution in [2.45, 2.75) is 76.3 Å². The van der Waals surface area contributed by atoms with Gasteiger partial charge in [0, 0.05) is 87.0 Å². The second-order valence-electron chi connectivity index (χ2n) is 18.2. The number of benzene rings is 3. The van der Waals surface area contributed by atoms with Crippen LogP contribution in [0.5, 0.6) is 0 Å². The van der Waals surface area contributed by atoms with Crippen LogP contribution >= 0.6 is 0 Å². The molecule has 3 aliphatic heterocycles. The number of piperidine rings is 2. The number of carbonyl (C=O) groups is 4. The molecule has 5 aromatic rings. The molecule has 5 heterocycles. The third-order valence-corrected chi connectivity index (χ3v) is 13.5. The van der Waals surface area contributed by atoms with E-state index in [0.29, 0.717) is 74.2 Å². The number of anilines is 3. The standard InChI is InChI=1S/C50H56F4N10O4/c1-49(2,63-26-24-61(25-27-63)42-15-13-39(28-40(42)51)58-41-14-17-44(65)60-47(41)67)37-19-22-62(23-20-37)45(66)32-64-31-36(30-57-64)35-10-16-43(56-29-35)59-48(68)46(34-6-4-3-5-7-34)55-21-18-33-8-11-38(12-9-33)50(52,53)54/h3-13,15-16,28-31,37,41,46,55,58H,14,17-27,32H2,1-2H3,(H,56,59,68)(H,60,65,67). The molecule has 68 heavy (non-hydrogen) atoms. The fourth-order valence-electron chi connectivity index (χ4n) is 9.41. The van der Waals surface area contributed by atoms with Crippen molar-refractivity contribution in [3.8, 4) is 11.1 Å². The number of pyridine rings is 1. The van der Waals surface area contributed by atoms with Crippen molar-refractivity contribution >= 4 is 40.8 Å². The Balaban J connectivity index is 0.783. The van der Waals surface area contributed by atoms with Crippen molar-refractivity contribution in [3.63, 3.8) is 0 Å². The summed E-state index contributed by atoms with van der Waals surface area (Å²) >= 11 is 0. The van der Waals surface area contributed by atoms with Gasteiger partial charge >= 0.3 is 6.18 Å². The summed E-state index contributed by atoms with van der Waals surface area (Å²) in [6.45, 7) is 9.10. The SMILES string of the molecule is CC(C)(C1CCN(C(=O)Cn2cc(-c3ccc(NC(=O)C(NCCc4ccc(C(F)(F)F)cc4)c4ccccc4)nc3)cn2)CC1)N1CCN(c2ccc(NC3CCC(=O)NC3=O)cc2F)CC1. The molecule has 2 unspecified atom stereocenters. The van der Waals surface area contributed by atoms with Gasteiger partial charge in [0.15, 0.2) is 0 Å². The zero-order chi connectivity index (χ0) is 48.0. The highest BCUT2D eigenvalue weighted by atomic mass is 19.4. The minimum Gasteiger partial charge on any atom is -0.374 e. The van der Waals surface area contributed by atoms with Crippen LogP contribution in [0.1, 0.15) is 62.3 Å². The molecule has 4 N–H and O–H groups in total. The maximum absolute atomic E-state index is 15.4. The van der Waals surface area contributed by atoms with E-state index in [0.717, 1.165) is 54.8 Å². The lowest BCUT2D eigenvalue weighted by molar-refractivity contribution is -0.138. The highest BCUT2D eigenvalue weighted by molar-refractivity contribution is 6.01. The van der Waals surface area contributed by atoms with E-state index >= 15 is 4.39 Å². The van der Waals surface area contributed by atoms with Gasteiger partial charge in [0.1, 0.15) is 30.3 Å². The average Bonchev–Trinajstić information content (AvgIpc) is 3.80. The van der Waals surface area contributed by atoms with E-state index in [1.807, 2.05) is 41.3 Å². The van der Waals surface area contributed by atoms with Gasteiger partial charge in [-0.25, -0.2) is 9.37 Å². The molecular formula is C50H56F4N10O4. The molecule has 3 aliphatic rings. The monoisotopic (exact) mass is 936 g/mol. The van der Waals surface area contributed by atoms with Crippen molar-refractivity contribution < 1.29 is 36.7 Å². The summed E-state index contributed by atoms with van der Waals surface area (Å²) in [4.78, 5) is 61.6. The normalized spacial score (nSPS) is 18.0. The number of rotatable bonds is 15. The Morgan fingerprint density at radius 1 is 0.853 bits per heavy atom. The molecule has 0 bridgehead atoms. The first kappa shape index (κ1) is 47.8. The fourth-order valence-corrected chi connectivity index (χ4v) is 9.41.